The molecule has 0 aromatic heterocycles. The lowest BCUT2D eigenvalue weighted by Crippen LogP contribution is -2.61. The molecule has 5 rings (SSSR count). The molecule has 0 radical (unpaired) electrons. The van der Waals surface area contributed by atoms with Gasteiger partial charge in [0.15, 0.2) is 0 Å². The number of ether oxygens (including phenoxy) is 1. The van der Waals surface area contributed by atoms with Gasteiger partial charge >= 0.3 is 11.9 Å². The van der Waals surface area contributed by atoms with Gasteiger partial charge in [-0.25, -0.2) is 4.79 Å². The number of para-hydroxylation sites is 1. The van der Waals surface area contributed by atoms with E-state index in [4.69, 9.17) is 4.74 Å². The van der Waals surface area contributed by atoms with E-state index in [0.717, 1.165) is 30.7 Å². The first kappa shape index (κ1) is 24.3. The summed E-state index contributed by atoms with van der Waals surface area (Å²) in [4.78, 5) is 40.0. The zero-order chi connectivity index (χ0) is 24.4. The second-order valence-electron chi connectivity index (χ2n) is 11.1. The lowest BCUT2D eigenvalue weighted by atomic mass is 9.68. The SMILES string of the molecule is CCOC(=O)C(=O)Nc1ccccc1C(=O)NC1C[C@H]2CCC[C@@H](C1)N2C1C[C@H]2CCC[C@@H](C1)C2. The fourth-order valence-corrected chi connectivity index (χ4v) is 7.49. The molecule has 2 saturated heterocycles. The van der Waals surface area contributed by atoms with Crippen molar-refractivity contribution < 1.29 is 19.1 Å². The quantitative estimate of drug-likeness (QED) is 0.484. The molecule has 2 unspecified atom stereocenters. The van der Waals surface area contributed by atoms with Gasteiger partial charge in [-0.1, -0.05) is 37.8 Å². The third kappa shape index (κ3) is 5.40. The van der Waals surface area contributed by atoms with Crippen LogP contribution in [0.25, 0.3) is 0 Å². The molecule has 35 heavy (non-hydrogen) atoms. The molecule has 7 heteroatoms. The maximum atomic E-state index is 13.3. The van der Waals surface area contributed by atoms with Crippen LogP contribution in [0.5, 0.6) is 0 Å². The summed E-state index contributed by atoms with van der Waals surface area (Å²) in [7, 11) is 0. The van der Waals surface area contributed by atoms with Crippen LogP contribution in [0.2, 0.25) is 0 Å². The number of hydrogen-bond acceptors (Lipinski definition) is 5. The number of carbonyl (C=O) groups excluding carboxylic acids is 3. The van der Waals surface area contributed by atoms with Crippen molar-refractivity contribution in [1.82, 2.24) is 10.2 Å². The summed E-state index contributed by atoms with van der Waals surface area (Å²) >= 11 is 0. The number of carbonyl (C=O) groups is 3. The van der Waals surface area contributed by atoms with E-state index >= 15 is 0 Å². The van der Waals surface area contributed by atoms with Gasteiger partial charge < -0.3 is 15.4 Å². The summed E-state index contributed by atoms with van der Waals surface area (Å²) < 4.78 is 4.77. The molecule has 4 bridgehead atoms. The normalized spacial score (nSPS) is 32.4. The number of anilines is 1. The highest BCUT2D eigenvalue weighted by molar-refractivity contribution is 6.37. The van der Waals surface area contributed by atoms with Crippen molar-refractivity contribution in [3.63, 3.8) is 0 Å². The molecule has 2 heterocycles. The topological polar surface area (TPSA) is 87.7 Å². The molecule has 2 saturated carbocycles. The number of esters is 1. The number of fused-ring (bicyclic) bond motifs is 4. The van der Waals surface area contributed by atoms with E-state index < -0.39 is 11.9 Å². The van der Waals surface area contributed by atoms with Crippen molar-refractivity contribution in [3.8, 4) is 0 Å². The first-order chi connectivity index (χ1) is 17.0. The van der Waals surface area contributed by atoms with E-state index in [2.05, 4.69) is 15.5 Å². The maximum absolute atomic E-state index is 13.3. The number of rotatable bonds is 5. The van der Waals surface area contributed by atoms with Gasteiger partial charge in [0.2, 0.25) is 0 Å². The van der Waals surface area contributed by atoms with Crippen molar-refractivity contribution in [1.29, 1.82) is 0 Å². The van der Waals surface area contributed by atoms with Crippen LogP contribution in [0.15, 0.2) is 24.3 Å². The Kier molecular flexibility index (Phi) is 7.42. The fourth-order valence-electron chi connectivity index (χ4n) is 7.49. The molecule has 2 aliphatic heterocycles. The Morgan fingerprint density at radius 2 is 1.54 bits per heavy atom. The monoisotopic (exact) mass is 481 g/mol. The largest absolute Gasteiger partial charge is 0.459 e. The van der Waals surface area contributed by atoms with Crippen LogP contribution < -0.4 is 10.6 Å². The molecule has 1 aromatic rings. The molecule has 190 valence electrons. The highest BCUT2D eigenvalue weighted by atomic mass is 16.5. The van der Waals surface area contributed by atoms with Crippen LogP contribution >= 0.6 is 0 Å². The zero-order valence-electron chi connectivity index (χ0n) is 20.8. The van der Waals surface area contributed by atoms with E-state index in [1.165, 1.54) is 57.8 Å². The third-order valence-electron chi connectivity index (χ3n) is 8.77. The predicted molar refractivity (Wildman–Crippen MR) is 134 cm³/mol. The zero-order valence-corrected chi connectivity index (χ0v) is 20.8. The number of hydrogen-bond donors (Lipinski definition) is 2. The molecule has 0 spiro atoms. The second kappa shape index (κ2) is 10.7. The third-order valence-corrected chi connectivity index (χ3v) is 8.77. The number of nitrogens with zero attached hydrogens (tertiary/aromatic N) is 1. The molecule has 7 nitrogen and oxygen atoms in total. The summed E-state index contributed by atoms with van der Waals surface area (Å²) in [5.41, 5.74) is 0.701. The van der Waals surface area contributed by atoms with Gasteiger partial charge in [0.05, 0.1) is 17.9 Å². The Balaban J connectivity index is 1.23. The Morgan fingerprint density at radius 1 is 0.886 bits per heavy atom. The van der Waals surface area contributed by atoms with Crippen LogP contribution in [0.4, 0.5) is 5.69 Å². The first-order valence-electron chi connectivity index (χ1n) is 13.7. The van der Waals surface area contributed by atoms with Gasteiger partial charge in [0.1, 0.15) is 0 Å². The highest BCUT2D eigenvalue weighted by Crippen LogP contribution is 2.45. The minimum Gasteiger partial charge on any atom is -0.459 e. The van der Waals surface area contributed by atoms with E-state index in [-0.39, 0.29) is 18.6 Å². The minimum atomic E-state index is -0.949. The van der Waals surface area contributed by atoms with Crippen molar-refractivity contribution in [3.05, 3.63) is 29.8 Å². The van der Waals surface area contributed by atoms with E-state index in [0.29, 0.717) is 23.3 Å². The van der Waals surface area contributed by atoms with Crippen molar-refractivity contribution >= 4 is 23.5 Å². The lowest BCUT2D eigenvalue weighted by Gasteiger charge is -2.55. The molecule has 4 aliphatic rings. The standard InChI is InChI=1S/C28H39N3O4/c1-2-35-28(34)27(33)30-25-12-4-3-11-24(25)26(32)29-20-16-21-9-6-10-22(17-20)31(21)23-14-18-7-5-8-19(13-18)15-23/h3-4,11-12,18-23H,2,5-10,13-17H2,1H3,(H,29,32)(H,30,33)/t18-,19+,20?,21-,22+,23?. The van der Waals surface area contributed by atoms with Crippen LogP contribution in [-0.4, -0.2) is 53.5 Å². The van der Waals surface area contributed by atoms with E-state index in [9.17, 15) is 14.4 Å². The molecular formula is C28H39N3O4. The Bertz CT molecular complexity index is 924. The molecule has 6 atom stereocenters. The Hall–Kier alpha value is -2.41. The fraction of sp³-hybridized carbons (Fsp3) is 0.679. The smallest absolute Gasteiger partial charge is 0.397 e. The predicted octanol–water partition coefficient (Wildman–Crippen LogP) is 4.27. The number of amides is 2. The molecule has 1 aromatic carbocycles. The van der Waals surface area contributed by atoms with Crippen molar-refractivity contribution in [2.24, 2.45) is 11.8 Å². The molecule has 4 fully saturated rings. The van der Waals surface area contributed by atoms with Gasteiger partial charge in [0, 0.05) is 24.2 Å². The van der Waals surface area contributed by atoms with Gasteiger partial charge in [-0.3, -0.25) is 14.5 Å². The van der Waals surface area contributed by atoms with Gasteiger partial charge in [-0.15, -0.1) is 0 Å². The van der Waals surface area contributed by atoms with E-state index in [1.807, 2.05) is 0 Å². The maximum Gasteiger partial charge on any atom is 0.397 e. The number of nitrogens with one attached hydrogen (secondary N) is 2. The number of benzene rings is 1. The minimum absolute atomic E-state index is 0.123. The summed E-state index contributed by atoms with van der Waals surface area (Å²) in [6.45, 7) is 1.77. The Labute approximate surface area is 208 Å². The van der Waals surface area contributed by atoms with Crippen LogP contribution in [0.3, 0.4) is 0 Å². The van der Waals surface area contributed by atoms with Gasteiger partial charge in [-0.05, 0) is 75.8 Å². The van der Waals surface area contributed by atoms with Crippen molar-refractivity contribution in [2.45, 2.75) is 102 Å². The van der Waals surface area contributed by atoms with Gasteiger partial charge in [0.25, 0.3) is 5.91 Å². The molecule has 2 aliphatic carbocycles. The van der Waals surface area contributed by atoms with Crippen LogP contribution in [-0.2, 0) is 14.3 Å². The molecular weight excluding hydrogens is 442 g/mol. The van der Waals surface area contributed by atoms with Crippen molar-refractivity contribution in [2.75, 3.05) is 11.9 Å². The highest BCUT2D eigenvalue weighted by Gasteiger charge is 2.45. The lowest BCUT2D eigenvalue weighted by molar-refractivity contribution is -0.152. The number of piperidine rings is 2. The van der Waals surface area contributed by atoms with Crippen LogP contribution in [0, 0.1) is 11.8 Å². The van der Waals surface area contributed by atoms with Crippen LogP contribution in [0.1, 0.15) is 87.9 Å². The summed E-state index contributed by atoms with van der Waals surface area (Å²) in [5, 5.41) is 5.80. The van der Waals surface area contributed by atoms with E-state index in [1.54, 1.807) is 31.2 Å². The first-order valence-corrected chi connectivity index (χ1v) is 13.7. The average molecular weight is 482 g/mol. The Morgan fingerprint density at radius 3 is 2.23 bits per heavy atom. The van der Waals surface area contributed by atoms with Gasteiger partial charge in [-0.2, -0.15) is 0 Å². The average Bonchev–Trinajstić information content (AvgIpc) is 2.83. The summed E-state index contributed by atoms with van der Waals surface area (Å²) in [6, 6.07) is 8.80. The summed E-state index contributed by atoms with van der Waals surface area (Å²) in [5.74, 6) is -0.172. The summed E-state index contributed by atoms with van der Waals surface area (Å²) in [6.07, 6.45) is 14.2. The second-order valence-corrected chi connectivity index (χ2v) is 11.1. The molecule has 2 N–H and O–H groups in total. The molecule has 2 amide bonds.